The largest absolute Gasteiger partial charge is 0.449 e. The number of nitrogens with zero attached hydrogens (tertiary/aromatic N) is 1. The summed E-state index contributed by atoms with van der Waals surface area (Å²) in [7, 11) is 0. The minimum Gasteiger partial charge on any atom is -0.290 e. The fraction of sp³-hybridized carbons (Fsp3) is 0.400. The van der Waals surface area contributed by atoms with Crippen LogP contribution in [0.2, 0.25) is 0 Å². The second-order valence-corrected chi connectivity index (χ2v) is 3.25. The van der Waals surface area contributed by atoms with E-state index in [0.717, 1.165) is 0 Å². The van der Waals surface area contributed by atoms with Crippen molar-refractivity contribution in [2.75, 3.05) is 0 Å². The molecule has 5 heteroatoms. The number of hydrogen-bond donors (Lipinski definition) is 0. The summed E-state index contributed by atoms with van der Waals surface area (Å²) in [6, 6.07) is 1.88. The highest BCUT2D eigenvalue weighted by molar-refractivity contribution is 5.84. The number of nitriles is 1. The van der Waals surface area contributed by atoms with Gasteiger partial charge in [0.15, 0.2) is 0 Å². The van der Waals surface area contributed by atoms with Gasteiger partial charge < -0.3 is 0 Å². The summed E-state index contributed by atoms with van der Waals surface area (Å²) in [5.74, 6) is -2.16. The predicted octanol–water partition coefficient (Wildman–Crippen LogP) is 2.53. The van der Waals surface area contributed by atoms with Crippen LogP contribution in [0.3, 0.4) is 0 Å². The molecule has 0 heterocycles. The number of rotatable bonds is 2. The zero-order valence-electron chi connectivity index (χ0n) is 7.71. The molecule has 0 fully saturated rings. The average Bonchev–Trinajstić information content (AvgIpc) is 2.17. The lowest BCUT2D eigenvalue weighted by Crippen LogP contribution is -2.24. The quantitative estimate of drug-likeness (QED) is 0.710. The van der Waals surface area contributed by atoms with E-state index in [1.54, 1.807) is 0 Å². The van der Waals surface area contributed by atoms with Gasteiger partial charge in [0.1, 0.15) is 0 Å². The van der Waals surface area contributed by atoms with Crippen LogP contribution in [0, 0.1) is 17.2 Å². The SMILES string of the molecule is N#CC1=CCC(CC(=O)C(F)(F)F)C=C1. The van der Waals surface area contributed by atoms with Gasteiger partial charge in [-0.25, -0.2) is 0 Å². The Balaban J connectivity index is 2.53. The van der Waals surface area contributed by atoms with E-state index in [4.69, 9.17) is 5.26 Å². The van der Waals surface area contributed by atoms with Gasteiger partial charge in [0.2, 0.25) is 5.78 Å². The van der Waals surface area contributed by atoms with Crippen LogP contribution in [-0.4, -0.2) is 12.0 Å². The first kappa shape index (κ1) is 11.5. The summed E-state index contributed by atoms with van der Waals surface area (Å²) in [5, 5.41) is 8.47. The Labute approximate surface area is 84.7 Å². The summed E-state index contributed by atoms with van der Waals surface area (Å²) in [5.41, 5.74) is 0.422. The lowest BCUT2D eigenvalue weighted by molar-refractivity contribution is -0.171. The van der Waals surface area contributed by atoms with E-state index in [2.05, 4.69) is 0 Å². The molecule has 2 nitrogen and oxygen atoms in total. The maximum absolute atomic E-state index is 11.9. The van der Waals surface area contributed by atoms with Crippen LogP contribution < -0.4 is 0 Å². The molecule has 0 aromatic heterocycles. The van der Waals surface area contributed by atoms with Crippen molar-refractivity contribution in [2.45, 2.75) is 19.0 Å². The molecule has 0 bridgehead atoms. The first-order chi connectivity index (χ1) is 6.93. The fourth-order valence-electron chi connectivity index (χ4n) is 1.25. The van der Waals surface area contributed by atoms with Crippen molar-refractivity contribution >= 4 is 5.78 Å². The zero-order valence-corrected chi connectivity index (χ0v) is 7.71. The molecule has 1 aliphatic rings. The van der Waals surface area contributed by atoms with Gasteiger partial charge in [0.05, 0.1) is 6.07 Å². The Morgan fingerprint density at radius 2 is 2.27 bits per heavy atom. The summed E-state index contributed by atoms with van der Waals surface area (Å²) in [6.45, 7) is 0. The second-order valence-electron chi connectivity index (χ2n) is 3.25. The van der Waals surface area contributed by atoms with Crippen LogP contribution in [0.4, 0.5) is 13.2 Å². The molecular weight excluding hydrogens is 207 g/mol. The van der Waals surface area contributed by atoms with Crippen LogP contribution in [0.25, 0.3) is 0 Å². The van der Waals surface area contributed by atoms with E-state index < -0.39 is 24.3 Å². The van der Waals surface area contributed by atoms with Crippen LogP contribution >= 0.6 is 0 Å². The van der Waals surface area contributed by atoms with E-state index in [1.807, 2.05) is 6.07 Å². The molecule has 0 amide bonds. The molecule has 0 aromatic carbocycles. The predicted molar refractivity (Wildman–Crippen MR) is 46.6 cm³/mol. The van der Waals surface area contributed by atoms with Crippen LogP contribution in [-0.2, 0) is 4.79 Å². The summed E-state index contributed by atoms with van der Waals surface area (Å²) < 4.78 is 35.7. The highest BCUT2D eigenvalue weighted by Crippen LogP contribution is 2.25. The van der Waals surface area contributed by atoms with E-state index in [0.29, 0.717) is 12.0 Å². The Morgan fingerprint density at radius 3 is 2.67 bits per heavy atom. The van der Waals surface area contributed by atoms with Crippen molar-refractivity contribution in [3.05, 3.63) is 23.8 Å². The third-order valence-corrected chi connectivity index (χ3v) is 2.08. The monoisotopic (exact) mass is 215 g/mol. The lowest BCUT2D eigenvalue weighted by atomic mass is 9.92. The molecule has 15 heavy (non-hydrogen) atoms. The van der Waals surface area contributed by atoms with Gasteiger partial charge >= 0.3 is 6.18 Å². The number of allylic oxidation sites excluding steroid dienone is 4. The van der Waals surface area contributed by atoms with Gasteiger partial charge in [-0.1, -0.05) is 12.2 Å². The molecule has 1 unspecified atom stereocenters. The minimum absolute atomic E-state index is 0.307. The molecule has 80 valence electrons. The van der Waals surface area contributed by atoms with Crippen molar-refractivity contribution in [1.29, 1.82) is 5.26 Å². The smallest absolute Gasteiger partial charge is 0.290 e. The molecule has 0 saturated carbocycles. The van der Waals surface area contributed by atoms with Gasteiger partial charge in [0, 0.05) is 12.0 Å². The minimum atomic E-state index is -4.76. The zero-order chi connectivity index (χ0) is 11.5. The average molecular weight is 215 g/mol. The molecule has 1 atom stereocenters. The van der Waals surface area contributed by atoms with Crippen molar-refractivity contribution in [1.82, 2.24) is 0 Å². The molecule has 0 spiro atoms. The van der Waals surface area contributed by atoms with E-state index in [9.17, 15) is 18.0 Å². The molecular formula is C10H8F3NO. The molecule has 1 aliphatic carbocycles. The highest BCUT2D eigenvalue weighted by atomic mass is 19.4. The number of ketones is 1. The topological polar surface area (TPSA) is 40.9 Å². The van der Waals surface area contributed by atoms with Crippen LogP contribution in [0.5, 0.6) is 0 Å². The number of carbonyl (C=O) groups excluding carboxylic acids is 1. The standard InChI is InChI=1S/C10H8F3NO/c11-10(12,13)9(15)5-7-1-3-8(6-14)4-2-7/h1,3-4,7H,2,5H2. The Bertz CT molecular complexity index is 360. The number of alkyl halides is 3. The summed E-state index contributed by atoms with van der Waals surface area (Å²) in [6.07, 6.45) is -0.544. The molecule has 0 radical (unpaired) electrons. The number of Topliss-reactive ketones (excluding diaryl/α,β-unsaturated/α-hetero) is 1. The third-order valence-electron chi connectivity index (χ3n) is 2.08. The van der Waals surface area contributed by atoms with E-state index in [-0.39, 0.29) is 0 Å². The van der Waals surface area contributed by atoms with Gasteiger partial charge in [0.25, 0.3) is 0 Å². The summed E-state index contributed by atoms with van der Waals surface area (Å²) >= 11 is 0. The number of carbonyl (C=O) groups is 1. The van der Waals surface area contributed by atoms with Gasteiger partial charge in [-0.3, -0.25) is 4.79 Å². The first-order valence-electron chi connectivity index (χ1n) is 4.32. The van der Waals surface area contributed by atoms with Crippen LogP contribution in [0.1, 0.15) is 12.8 Å². The normalized spacial score (nSPS) is 20.7. The van der Waals surface area contributed by atoms with Gasteiger partial charge in [-0.05, 0) is 18.4 Å². The van der Waals surface area contributed by atoms with Gasteiger partial charge in [-0.15, -0.1) is 0 Å². The second kappa shape index (κ2) is 4.30. The molecule has 0 aromatic rings. The molecule has 0 N–H and O–H groups in total. The molecule has 0 saturated heterocycles. The number of halogens is 3. The third kappa shape index (κ3) is 3.24. The molecule has 1 rings (SSSR count). The Morgan fingerprint density at radius 1 is 1.60 bits per heavy atom. The summed E-state index contributed by atoms with van der Waals surface area (Å²) in [4.78, 5) is 10.6. The Kier molecular flexibility index (Phi) is 3.30. The van der Waals surface area contributed by atoms with E-state index >= 15 is 0 Å². The molecule has 0 aliphatic heterocycles. The van der Waals surface area contributed by atoms with Gasteiger partial charge in [-0.2, -0.15) is 18.4 Å². The van der Waals surface area contributed by atoms with E-state index in [1.165, 1.54) is 18.2 Å². The van der Waals surface area contributed by atoms with Crippen molar-refractivity contribution < 1.29 is 18.0 Å². The fourth-order valence-corrected chi connectivity index (χ4v) is 1.25. The lowest BCUT2D eigenvalue weighted by Gasteiger charge is -2.13. The van der Waals surface area contributed by atoms with Crippen molar-refractivity contribution in [3.8, 4) is 6.07 Å². The van der Waals surface area contributed by atoms with Crippen molar-refractivity contribution in [2.24, 2.45) is 5.92 Å². The highest BCUT2D eigenvalue weighted by Gasteiger charge is 2.38. The number of hydrogen-bond acceptors (Lipinski definition) is 2. The maximum atomic E-state index is 11.9. The van der Waals surface area contributed by atoms with Crippen LogP contribution in [0.15, 0.2) is 23.8 Å². The first-order valence-corrected chi connectivity index (χ1v) is 4.32. The maximum Gasteiger partial charge on any atom is 0.449 e. The Hall–Kier alpha value is -1.57. The van der Waals surface area contributed by atoms with Crippen molar-refractivity contribution in [3.63, 3.8) is 0 Å².